The second-order valence-electron chi connectivity index (χ2n) is 12.5. The van der Waals surface area contributed by atoms with Crippen LogP contribution in [0.15, 0.2) is 186 Å². The van der Waals surface area contributed by atoms with Crippen molar-refractivity contribution in [2.75, 3.05) is 0 Å². The van der Waals surface area contributed by atoms with E-state index < -0.39 is 6.04 Å². The van der Waals surface area contributed by atoms with E-state index in [2.05, 4.69) is 127 Å². The number of furan rings is 1. The van der Waals surface area contributed by atoms with Gasteiger partial charge in [-0.15, -0.1) is 0 Å². The van der Waals surface area contributed by atoms with Gasteiger partial charge in [0.25, 0.3) is 0 Å². The lowest BCUT2D eigenvalue weighted by molar-refractivity contribution is 0.669. The largest absolute Gasteiger partial charge is 0.456 e. The smallest absolute Gasteiger partial charge is 0.136 e. The number of benzene rings is 9. The van der Waals surface area contributed by atoms with Crippen molar-refractivity contribution in [3.05, 3.63) is 182 Å². The Labute approximate surface area is 291 Å². The van der Waals surface area contributed by atoms with Crippen molar-refractivity contribution in [3.63, 3.8) is 0 Å². The topological polar surface area (TPSA) is 13.1 Å². The molecular weight excluding hydrogens is 593 g/mol. The summed E-state index contributed by atoms with van der Waals surface area (Å²) in [5, 5.41) is 9.25. The molecule has 9 aromatic carbocycles. The molecule has 0 amide bonds. The molecule has 0 bridgehead atoms. The maximum Gasteiger partial charge on any atom is 0.136 e. The molecule has 0 aliphatic rings. The second-order valence-corrected chi connectivity index (χ2v) is 12.5. The molecule has 1 nitrogen and oxygen atoms in total. The van der Waals surface area contributed by atoms with E-state index in [1.165, 1.54) is 27.3 Å². The van der Waals surface area contributed by atoms with Crippen LogP contribution in [-0.2, 0) is 0 Å². The summed E-state index contributed by atoms with van der Waals surface area (Å²) in [4.78, 5) is 0. The van der Waals surface area contributed by atoms with Gasteiger partial charge in [0, 0.05) is 10.8 Å². The summed E-state index contributed by atoms with van der Waals surface area (Å²) >= 11 is 0. The van der Waals surface area contributed by atoms with E-state index in [4.69, 9.17) is 11.3 Å². The second kappa shape index (κ2) is 11.1. The van der Waals surface area contributed by atoms with Crippen molar-refractivity contribution in [3.8, 4) is 44.5 Å². The zero-order valence-electron chi connectivity index (χ0n) is 31.3. The number of hydrogen-bond donors (Lipinski definition) is 0. The minimum atomic E-state index is -0.390. The van der Waals surface area contributed by atoms with E-state index in [1.54, 1.807) is 0 Å². The predicted octanol–water partition coefficient (Wildman–Crippen LogP) is 13.7. The fourth-order valence-corrected chi connectivity index (χ4v) is 7.42. The van der Waals surface area contributed by atoms with Crippen LogP contribution in [0.5, 0.6) is 0 Å². The molecule has 0 aliphatic carbocycles. The van der Waals surface area contributed by atoms with Gasteiger partial charge in [0.2, 0.25) is 0 Å². The first-order chi connectivity index (χ1) is 26.4. The molecule has 0 fully saturated rings. The molecule has 1 aromatic heterocycles. The highest BCUT2D eigenvalue weighted by Gasteiger charge is 2.18. The van der Waals surface area contributed by atoms with Crippen LogP contribution in [0.4, 0.5) is 0 Å². The SMILES string of the molecule is [2H]c1c([2H])c([2H])c(-c2ccc(-c3ccc(-c4c5ccccc5c(-c5ccc6c(c5)oc5cc7ccccc7cc56)c5ccccc45)cc3)cc2)c([2H])c1[2H]. The highest BCUT2D eigenvalue weighted by molar-refractivity contribution is 6.22. The predicted molar refractivity (Wildman–Crippen MR) is 208 cm³/mol. The molecule has 0 unspecified atom stereocenters. The molecule has 1 heteroatoms. The lowest BCUT2D eigenvalue weighted by atomic mass is 9.85. The van der Waals surface area contributed by atoms with Gasteiger partial charge in [-0.25, -0.2) is 0 Å². The van der Waals surface area contributed by atoms with Crippen LogP contribution in [0.2, 0.25) is 0 Å². The molecular formula is C48H30O. The van der Waals surface area contributed by atoms with E-state index >= 15 is 0 Å². The Hall–Kier alpha value is -6.44. The Bertz CT molecular complexity index is 3060. The molecule has 0 saturated heterocycles. The van der Waals surface area contributed by atoms with Crippen LogP contribution in [0, 0.1) is 0 Å². The Morgan fingerprint density at radius 3 is 1.37 bits per heavy atom. The summed E-state index contributed by atoms with van der Waals surface area (Å²) in [6.07, 6.45) is 0. The average molecular weight is 628 g/mol. The average Bonchev–Trinajstić information content (AvgIpc) is 3.57. The number of fused-ring (bicyclic) bond motifs is 6. The van der Waals surface area contributed by atoms with Crippen molar-refractivity contribution >= 4 is 54.3 Å². The van der Waals surface area contributed by atoms with Gasteiger partial charge in [-0.05, 0) is 101 Å². The molecule has 10 rings (SSSR count). The first-order valence-corrected chi connectivity index (χ1v) is 16.4. The Morgan fingerprint density at radius 1 is 0.327 bits per heavy atom. The van der Waals surface area contributed by atoms with Gasteiger partial charge in [-0.2, -0.15) is 0 Å². The van der Waals surface area contributed by atoms with E-state index in [9.17, 15) is 0 Å². The van der Waals surface area contributed by atoms with Crippen LogP contribution >= 0.6 is 0 Å². The van der Waals surface area contributed by atoms with Crippen LogP contribution < -0.4 is 0 Å². The van der Waals surface area contributed by atoms with Crippen LogP contribution in [0.1, 0.15) is 6.85 Å². The van der Waals surface area contributed by atoms with Gasteiger partial charge in [0.15, 0.2) is 0 Å². The monoisotopic (exact) mass is 627 g/mol. The molecule has 0 spiro atoms. The normalized spacial score (nSPS) is 13.1. The van der Waals surface area contributed by atoms with Crippen molar-refractivity contribution in [2.45, 2.75) is 0 Å². The fraction of sp³-hybridized carbons (Fsp3) is 0. The minimum absolute atomic E-state index is 0.201. The maximum atomic E-state index is 8.37. The van der Waals surface area contributed by atoms with Gasteiger partial charge in [0.05, 0.1) is 6.85 Å². The van der Waals surface area contributed by atoms with Gasteiger partial charge in [-0.1, -0.05) is 158 Å². The van der Waals surface area contributed by atoms with Crippen LogP contribution in [0.3, 0.4) is 0 Å². The molecule has 0 N–H and O–H groups in total. The third kappa shape index (κ3) is 4.55. The lowest BCUT2D eigenvalue weighted by Crippen LogP contribution is -1.91. The molecule has 10 aromatic rings. The van der Waals surface area contributed by atoms with E-state index in [0.717, 1.165) is 60.4 Å². The van der Waals surface area contributed by atoms with E-state index in [-0.39, 0.29) is 29.7 Å². The Balaban J connectivity index is 1.07. The first kappa shape index (κ1) is 23.0. The van der Waals surface area contributed by atoms with Crippen LogP contribution in [0.25, 0.3) is 98.8 Å². The van der Waals surface area contributed by atoms with Gasteiger partial charge in [-0.3, -0.25) is 0 Å². The Morgan fingerprint density at radius 2 is 0.776 bits per heavy atom. The van der Waals surface area contributed by atoms with Crippen LogP contribution in [-0.4, -0.2) is 0 Å². The van der Waals surface area contributed by atoms with Crippen molar-refractivity contribution < 1.29 is 11.3 Å². The summed E-state index contributed by atoms with van der Waals surface area (Å²) in [7, 11) is 0. The summed E-state index contributed by atoms with van der Waals surface area (Å²) in [5.41, 5.74) is 9.08. The summed E-state index contributed by atoms with van der Waals surface area (Å²) in [5.74, 6) is 0. The van der Waals surface area contributed by atoms with E-state index in [0.29, 0.717) is 5.56 Å². The fourth-order valence-electron chi connectivity index (χ4n) is 7.42. The van der Waals surface area contributed by atoms with Crippen molar-refractivity contribution in [1.82, 2.24) is 0 Å². The quantitative estimate of drug-likeness (QED) is 0.177. The zero-order valence-corrected chi connectivity index (χ0v) is 26.3. The summed E-state index contributed by atoms with van der Waals surface area (Å²) < 4.78 is 47.3. The Kier molecular flexibility index (Phi) is 5.20. The molecule has 0 saturated carbocycles. The van der Waals surface area contributed by atoms with Crippen molar-refractivity contribution in [1.29, 1.82) is 0 Å². The molecule has 0 aliphatic heterocycles. The maximum absolute atomic E-state index is 8.37. The van der Waals surface area contributed by atoms with E-state index in [1.807, 2.05) is 24.3 Å². The van der Waals surface area contributed by atoms with Gasteiger partial charge in [0.1, 0.15) is 11.2 Å². The highest BCUT2D eigenvalue weighted by atomic mass is 16.3. The third-order valence-corrected chi connectivity index (χ3v) is 9.74. The zero-order chi connectivity index (χ0) is 36.7. The summed E-state index contributed by atoms with van der Waals surface area (Å²) in [6, 6.07) is 51.2. The molecule has 49 heavy (non-hydrogen) atoms. The first-order valence-electron chi connectivity index (χ1n) is 18.9. The number of rotatable bonds is 4. The summed E-state index contributed by atoms with van der Waals surface area (Å²) in [6.45, 7) is 0. The molecule has 228 valence electrons. The minimum Gasteiger partial charge on any atom is -0.456 e. The highest BCUT2D eigenvalue weighted by Crippen LogP contribution is 2.45. The van der Waals surface area contributed by atoms with Crippen molar-refractivity contribution in [2.24, 2.45) is 0 Å². The standard InChI is InChI=1S/C48H30O/c1-2-10-31(11-3-1)32-18-20-33(21-19-32)34-22-24-35(25-23-34)47-40-14-6-8-16-42(40)48(43-17-9-7-15-41(43)47)38-26-27-39-44-28-36-12-4-5-13-37(36)29-46(44)49-45(39)30-38/h1-30H/i1D,2D,3D,10D,11D. The van der Waals surface area contributed by atoms with Gasteiger partial charge < -0.3 is 4.42 Å². The molecule has 0 atom stereocenters. The number of hydrogen-bond acceptors (Lipinski definition) is 1. The third-order valence-electron chi connectivity index (χ3n) is 9.74. The molecule has 0 radical (unpaired) electrons. The molecule has 1 heterocycles. The van der Waals surface area contributed by atoms with Gasteiger partial charge >= 0.3 is 0 Å². The lowest BCUT2D eigenvalue weighted by Gasteiger charge is -2.18.